The molecule has 1 heterocycles. The van der Waals surface area contributed by atoms with Crippen LogP contribution in [0.3, 0.4) is 0 Å². The molecule has 18 heavy (non-hydrogen) atoms. The van der Waals surface area contributed by atoms with Crippen molar-refractivity contribution in [3.63, 3.8) is 0 Å². The highest BCUT2D eigenvalue weighted by atomic mass is 32.2. The van der Waals surface area contributed by atoms with Crippen LogP contribution in [0, 0.1) is 10.7 Å². The third kappa shape index (κ3) is 3.37. The van der Waals surface area contributed by atoms with Crippen LogP contribution >= 0.6 is 0 Å². The van der Waals surface area contributed by atoms with Gasteiger partial charge in [0.25, 0.3) is 0 Å². The predicted molar refractivity (Wildman–Crippen MR) is 72.2 cm³/mol. The molecule has 2 unspecified atom stereocenters. The summed E-state index contributed by atoms with van der Waals surface area (Å²) in [5.74, 6) is 0.482. The highest BCUT2D eigenvalue weighted by Gasteiger charge is 2.44. The Balaban J connectivity index is 2.54. The Morgan fingerprint density at radius 2 is 2.06 bits per heavy atom. The van der Waals surface area contributed by atoms with E-state index >= 15 is 0 Å². The van der Waals surface area contributed by atoms with Crippen molar-refractivity contribution in [1.29, 1.82) is 4.78 Å². The number of amides is 1. The molecule has 1 aliphatic heterocycles. The lowest BCUT2D eigenvalue weighted by molar-refractivity contribution is 0.0517. The summed E-state index contributed by atoms with van der Waals surface area (Å²) in [6, 6.07) is 0. The quantitative estimate of drug-likeness (QED) is 0.812. The van der Waals surface area contributed by atoms with Crippen molar-refractivity contribution in [3.8, 4) is 0 Å². The molecule has 6 heteroatoms. The van der Waals surface area contributed by atoms with Crippen molar-refractivity contribution < 1.29 is 13.7 Å². The predicted octanol–water partition coefficient (Wildman–Crippen LogP) is 2.36. The Labute approximate surface area is 110 Å². The van der Waals surface area contributed by atoms with Crippen LogP contribution in [0.2, 0.25) is 0 Å². The molecule has 1 fully saturated rings. The molecular formula is C12H24N2O3S. The third-order valence-corrected chi connectivity index (χ3v) is 6.32. The minimum Gasteiger partial charge on any atom is -0.444 e. The van der Waals surface area contributed by atoms with Crippen LogP contribution in [0.5, 0.6) is 0 Å². The summed E-state index contributed by atoms with van der Waals surface area (Å²) >= 11 is 0. The van der Waals surface area contributed by atoms with E-state index in [2.05, 4.69) is 5.32 Å². The number of hydrogen-bond donors (Lipinski definition) is 2. The Morgan fingerprint density at radius 1 is 1.50 bits per heavy atom. The van der Waals surface area contributed by atoms with Gasteiger partial charge in [0.15, 0.2) is 0 Å². The van der Waals surface area contributed by atoms with E-state index in [0.29, 0.717) is 18.7 Å². The van der Waals surface area contributed by atoms with Crippen molar-refractivity contribution in [2.75, 3.05) is 12.3 Å². The van der Waals surface area contributed by atoms with Crippen LogP contribution in [0.25, 0.3) is 0 Å². The SMILES string of the molecule is CC(C)(C)OC(=O)NCC1CCS(=N)(=O)C1(C)C. The minimum atomic E-state index is -2.55. The standard InChI is InChI=1S/C12H24N2O3S/c1-11(2,3)17-10(15)14-8-9-6-7-18(13,16)12(9,4)5/h9,13H,6-8H2,1-5H3,(H,14,15). The Bertz CT molecular complexity index is 421. The molecule has 0 saturated carbocycles. The number of alkyl carbamates (subject to hydrolysis) is 1. The molecule has 1 rings (SSSR count). The van der Waals surface area contributed by atoms with Crippen molar-refractivity contribution in [2.24, 2.45) is 5.92 Å². The van der Waals surface area contributed by atoms with Crippen molar-refractivity contribution >= 4 is 15.8 Å². The van der Waals surface area contributed by atoms with E-state index in [-0.39, 0.29) is 5.92 Å². The molecule has 0 aliphatic carbocycles. The van der Waals surface area contributed by atoms with E-state index in [9.17, 15) is 9.00 Å². The van der Waals surface area contributed by atoms with Crippen LogP contribution < -0.4 is 5.32 Å². The highest BCUT2D eigenvalue weighted by Crippen LogP contribution is 2.37. The zero-order chi connectivity index (χ0) is 14.2. The van der Waals surface area contributed by atoms with Gasteiger partial charge in [0, 0.05) is 22.0 Å². The topological polar surface area (TPSA) is 79.2 Å². The van der Waals surface area contributed by atoms with E-state index < -0.39 is 26.2 Å². The molecule has 0 bridgehead atoms. The van der Waals surface area contributed by atoms with Gasteiger partial charge >= 0.3 is 6.09 Å². The lowest BCUT2D eigenvalue weighted by Gasteiger charge is -2.28. The van der Waals surface area contributed by atoms with Crippen LogP contribution in [0.4, 0.5) is 4.79 Å². The molecule has 5 nitrogen and oxygen atoms in total. The van der Waals surface area contributed by atoms with Crippen LogP contribution in [-0.2, 0) is 14.5 Å². The van der Waals surface area contributed by atoms with Crippen LogP contribution in [-0.4, -0.2) is 32.9 Å². The molecule has 0 aromatic heterocycles. The van der Waals surface area contributed by atoms with Gasteiger partial charge in [-0.15, -0.1) is 0 Å². The fourth-order valence-corrected chi connectivity index (χ4v) is 3.94. The van der Waals surface area contributed by atoms with Crippen molar-refractivity contribution in [1.82, 2.24) is 5.32 Å². The largest absolute Gasteiger partial charge is 0.444 e. The van der Waals surface area contributed by atoms with Gasteiger partial charge in [-0.3, -0.25) is 4.78 Å². The van der Waals surface area contributed by atoms with Gasteiger partial charge in [-0.25, -0.2) is 9.00 Å². The second-order valence-corrected chi connectivity index (χ2v) is 9.16. The zero-order valence-electron chi connectivity index (χ0n) is 11.8. The average molecular weight is 276 g/mol. The molecule has 2 atom stereocenters. The second kappa shape index (κ2) is 4.72. The number of carbonyl (C=O) groups excluding carboxylic acids is 1. The minimum absolute atomic E-state index is 0.0648. The zero-order valence-corrected chi connectivity index (χ0v) is 12.6. The van der Waals surface area contributed by atoms with E-state index in [1.165, 1.54) is 0 Å². The van der Waals surface area contributed by atoms with Gasteiger partial charge in [0.05, 0.1) is 4.75 Å². The van der Waals surface area contributed by atoms with Gasteiger partial charge in [-0.1, -0.05) is 0 Å². The van der Waals surface area contributed by atoms with Gasteiger partial charge in [0.1, 0.15) is 5.60 Å². The van der Waals surface area contributed by atoms with Gasteiger partial charge in [-0.2, -0.15) is 0 Å². The van der Waals surface area contributed by atoms with Crippen molar-refractivity contribution in [3.05, 3.63) is 0 Å². The van der Waals surface area contributed by atoms with Gasteiger partial charge in [0.2, 0.25) is 0 Å². The normalized spacial score (nSPS) is 31.1. The lowest BCUT2D eigenvalue weighted by Crippen LogP contribution is -2.41. The number of ether oxygens (including phenoxy) is 1. The maximum absolute atomic E-state index is 12.0. The van der Waals surface area contributed by atoms with E-state index in [0.717, 1.165) is 0 Å². The summed E-state index contributed by atoms with van der Waals surface area (Å²) in [6.07, 6.45) is 0.257. The fraction of sp³-hybridized carbons (Fsp3) is 0.917. The monoisotopic (exact) mass is 276 g/mol. The molecule has 1 amide bonds. The Morgan fingerprint density at radius 3 is 2.44 bits per heavy atom. The van der Waals surface area contributed by atoms with Crippen molar-refractivity contribution in [2.45, 2.75) is 51.4 Å². The first-order valence-electron chi connectivity index (χ1n) is 6.18. The molecule has 0 aromatic carbocycles. The first kappa shape index (κ1) is 15.3. The maximum Gasteiger partial charge on any atom is 0.407 e. The molecule has 0 spiro atoms. The summed E-state index contributed by atoms with van der Waals surface area (Å²) in [5, 5.41) is 2.70. The Kier molecular flexibility index (Phi) is 4.00. The van der Waals surface area contributed by atoms with E-state index in [1.807, 2.05) is 34.6 Å². The highest BCUT2D eigenvalue weighted by molar-refractivity contribution is 7.94. The number of carbonyl (C=O) groups is 1. The summed E-state index contributed by atoms with van der Waals surface area (Å²) in [4.78, 5) is 11.5. The molecule has 1 aliphatic rings. The second-order valence-electron chi connectivity index (χ2n) is 6.35. The molecule has 0 radical (unpaired) electrons. The van der Waals surface area contributed by atoms with Crippen LogP contribution in [0.1, 0.15) is 41.0 Å². The average Bonchev–Trinajstić information content (AvgIpc) is 2.32. The lowest BCUT2D eigenvalue weighted by atomic mass is 9.93. The summed E-state index contributed by atoms with van der Waals surface area (Å²) in [5.41, 5.74) is -0.516. The summed E-state index contributed by atoms with van der Waals surface area (Å²) in [6.45, 7) is 9.53. The summed E-state index contributed by atoms with van der Waals surface area (Å²) < 4.78 is 24.5. The molecule has 1 saturated heterocycles. The molecule has 0 aromatic rings. The third-order valence-electron chi connectivity index (χ3n) is 3.48. The Hall–Kier alpha value is -0.780. The number of hydrogen-bond acceptors (Lipinski definition) is 4. The van der Waals surface area contributed by atoms with Crippen LogP contribution in [0.15, 0.2) is 0 Å². The first-order valence-corrected chi connectivity index (χ1v) is 7.91. The fourth-order valence-electron chi connectivity index (χ4n) is 2.06. The molecule has 2 N–H and O–H groups in total. The van der Waals surface area contributed by atoms with Gasteiger partial charge in [-0.05, 0) is 47.0 Å². The smallest absolute Gasteiger partial charge is 0.407 e. The number of rotatable bonds is 2. The first-order chi connectivity index (χ1) is 7.96. The number of nitrogens with one attached hydrogen (secondary N) is 2. The van der Waals surface area contributed by atoms with E-state index in [4.69, 9.17) is 9.52 Å². The maximum atomic E-state index is 12.0. The van der Waals surface area contributed by atoms with E-state index in [1.54, 1.807) is 0 Å². The molecular weight excluding hydrogens is 252 g/mol. The van der Waals surface area contributed by atoms with Gasteiger partial charge < -0.3 is 10.1 Å². The molecule has 106 valence electrons. The summed E-state index contributed by atoms with van der Waals surface area (Å²) in [7, 11) is -2.55.